The lowest BCUT2D eigenvalue weighted by Gasteiger charge is -2.24. The smallest absolute Gasteiger partial charge is 0.222 e. The highest BCUT2D eigenvalue weighted by Gasteiger charge is 2.20. The van der Waals surface area contributed by atoms with Crippen LogP contribution < -0.4 is 4.74 Å². The fourth-order valence-electron chi connectivity index (χ4n) is 4.83. The van der Waals surface area contributed by atoms with Crippen molar-refractivity contribution in [2.45, 2.75) is 58.4 Å². The lowest BCUT2D eigenvalue weighted by molar-refractivity contribution is -0.133. The number of fused-ring (bicyclic) bond motifs is 3. The Labute approximate surface area is 186 Å². The Hall–Kier alpha value is -2.33. The second-order valence-corrected chi connectivity index (χ2v) is 9.07. The summed E-state index contributed by atoms with van der Waals surface area (Å²) in [5.41, 5.74) is 4.85. The Kier molecular flexibility index (Phi) is 7.63. The summed E-state index contributed by atoms with van der Waals surface area (Å²) in [5.74, 6) is 1.93. The zero-order chi connectivity index (χ0) is 21.5. The Bertz CT molecular complexity index is 873. The van der Waals surface area contributed by atoms with Crippen LogP contribution in [0.2, 0.25) is 0 Å². The van der Waals surface area contributed by atoms with Gasteiger partial charge in [0.2, 0.25) is 5.91 Å². The molecule has 31 heavy (non-hydrogen) atoms. The minimum Gasteiger partial charge on any atom is -0.491 e. The summed E-state index contributed by atoms with van der Waals surface area (Å²) in [6.45, 7) is 4.98. The molecule has 0 aromatic heterocycles. The van der Waals surface area contributed by atoms with Gasteiger partial charge in [-0.1, -0.05) is 67.6 Å². The molecule has 4 nitrogen and oxygen atoms in total. The summed E-state index contributed by atoms with van der Waals surface area (Å²) in [7, 11) is 0. The molecule has 1 saturated carbocycles. The summed E-state index contributed by atoms with van der Waals surface area (Å²) in [5, 5.41) is 0. The molecule has 0 unspecified atom stereocenters. The van der Waals surface area contributed by atoms with E-state index in [1.165, 1.54) is 47.9 Å². The third-order valence-corrected chi connectivity index (χ3v) is 6.56. The first kappa shape index (κ1) is 21.9. The lowest BCUT2D eigenvalue weighted by Crippen LogP contribution is -2.34. The third kappa shape index (κ3) is 6.33. The van der Waals surface area contributed by atoms with Crippen LogP contribution in [0.15, 0.2) is 42.5 Å². The van der Waals surface area contributed by atoms with Gasteiger partial charge in [-0.05, 0) is 42.0 Å². The number of amides is 1. The minimum absolute atomic E-state index is 0.255. The minimum atomic E-state index is 0.255. The summed E-state index contributed by atoms with van der Waals surface area (Å²) >= 11 is 0. The maximum atomic E-state index is 13.0. The largest absolute Gasteiger partial charge is 0.491 e. The van der Waals surface area contributed by atoms with Crippen molar-refractivity contribution in [3.63, 3.8) is 0 Å². The van der Waals surface area contributed by atoms with Crippen molar-refractivity contribution < 1.29 is 14.3 Å². The van der Waals surface area contributed by atoms with E-state index in [9.17, 15) is 4.79 Å². The summed E-state index contributed by atoms with van der Waals surface area (Å²) in [4.78, 5) is 15.0. The number of hydrogen-bond acceptors (Lipinski definition) is 3. The fourth-order valence-corrected chi connectivity index (χ4v) is 4.83. The first-order valence-electron chi connectivity index (χ1n) is 11.8. The standard InChI is InChI=1S/C27H35NO3/c1-21-9-11-26-25(17-21)19-23-7-4-8-24(18-23)20-28(13-14-30-15-16-31-26)27(29)12-10-22-5-2-3-6-22/h4,7-9,11,17-18,22H,2-3,5-6,10,12-16,19-20H2,1H3. The van der Waals surface area contributed by atoms with Gasteiger partial charge in [0.1, 0.15) is 12.4 Å². The number of aryl methyl sites for hydroxylation is 1. The van der Waals surface area contributed by atoms with Gasteiger partial charge in [0.05, 0.1) is 13.2 Å². The average Bonchev–Trinajstić information content (AvgIpc) is 3.28. The molecule has 0 N–H and O–H groups in total. The number of ether oxygens (including phenoxy) is 2. The van der Waals surface area contributed by atoms with Crippen LogP contribution in [-0.4, -0.2) is 37.2 Å². The SMILES string of the molecule is Cc1ccc2c(c1)Cc1cccc(c1)CN(C(=O)CCC1CCCC1)CCOCCO2. The van der Waals surface area contributed by atoms with Gasteiger partial charge in [-0.2, -0.15) is 0 Å². The molecule has 0 spiro atoms. The van der Waals surface area contributed by atoms with E-state index >= 15 is 0 Å². The third-order valence-electron chi connectivity index (χ3n) is 6.56. The van der Waals surface area contributed by atoms with Gasteiger partial charge in [0, 0.05) is 25.9 Å². The molecule has 0 saturated heterocycles. The number of carbonyl (C=O) groups excluding carboxylic acids is 1. The van der Waals surface area contributed by atoms with E-state index in [1.54, 1.807) is 0 Å². The van der Waals surface area contributed by atoms with Crippen molar-refractivity contribution in [3.8, 4) is 5.75 Å². The van der Waals surface area contributed by atoms with Crippen LogP contribution >= 0.6 is 0 Å². The first-order chi connectivity index (χ1) is 15.2. The molecule has 4 heteroatoms. The molecule has 1 fully saturated rings. The van der Waals surface area contributed by atoms with Crippen molar-refractivity contribution in [1.29, 1.82) is 0 Å². The van der Waals surface area contributed by atoms with E-state index in [0.29, 0.717) is 39.3 Å². The topological polar surface area (TPSA) is 38.8 Å². The summed E-state index contributed by atoms with van der Waals surface area (Å²) < 4.78 is 11.8. The molecule has 2 aromatic carbocycles. The Morgan fingerprint density at radius 1 is 1.03 bits per heavy atom. The van der Waals surface area contributed by atoms with Crippen LogP contribution in [0.3, 0.4) is 0 Å². The average molecular weight is 422 g/mol. The van der Waals surface area contributed by atoms with Crippen LogP contribution in [0, 0.1) is 12.8 Å². The van der Waals surface area contributed by atoms with Gasteiger partial charge >= 0.3 is 0 Å². The molecule has 1 aliphatic heterocycles. The number of rotatable bonds is 3. The Morgan fingerprint density at radius 3 is 2.74 bits per heavy atom. The fraction of sp³-hybridized carbons (Fsp3) is 0.519. The van der Waals surface area contributed by atoms with Gasteiger partial charge in [-0.3, -0.25) is 4.79 Å². The van der Waals surface area contributed by atoms with Gasteiger partial charge in [0.25, 0.3) is 0 Å². The predicted octanol–water partition coefficient (Wildman–Crippen LogP) is 5.29. The molecule has 166 valence electrons. The van der Waals surface area contributed by atoms with Crippen molar-refractivity contribution in [1.82, 2.24) is 4.90 Å². The van der Waals surface area contributed by atoms with Gasteiger partial charge in [-0.15, -0.1) is 0 Å². The van der Waals surface area contributed by atoms with Crippen molar-refractivity contribution in [3.05, 3.63) is 64.7 Å². The summed E-state index contributed by atoms with van der Waals surface area (Å²) in [6, 6.07) is 15.0. The highest BCUT2D eigenvalue weighted by Crippen LogP contribution is 2.29. The van der Waals surface area contributed by atoms with Crippen molar-refractivity contribution in [2.24, 2.45) is 5.92 Å². The molecule has 0 atom stereocenters. The van der Waals surface area contributed by atoms with E-state index < -0.39 is 0 Å². The molecule has 1 amide bonds. The molecular weight excluding hydrogens is 386 g/mol. The molecule has 2 bridgehead atoms. The molecule has 1 aliphatic carbocycles. The summed E-state index contributed by atoms with van der Waals surface area (Å²) in [6.07, 6.45) is 7.74. The monoisotopic (exact) mass is 421 g/mol. The van der Waals surface area contributed by atoms with Gasteiger partial charge in [-0.25, -0.2) is 0 Å². The molecule has 4 rings (SSSR count). The zero-order valence-corrected chi connectivity index (χ0v) is 18.8. The Morgan fingerprint density at radius 2 is 1.87 bits per heavy atom. The number of hydrogen-bond donors (Lipinski definition) is 0. The molecule has 1 heterocycles. The highest BCUT2D eigenvalue weighted by atomic mass is 16.5. The van der Waals surface area contributed by atoms with E-state index in [-0.39, 0.29) is 5.91 Å². The van der Waals surface area contributed by atoms with Crippen LogP contribution in [0.1, 0.15) is 60.8 Å². The second-order valence-electron chi connectivity index (χ2n) is 9.07. The number of carbonyl (C=O) groups is 1. The maximum Gasteiger partial charge on any atom is 0.222 e. The lowest BCUT2D eigenvalue weighted by atomic mass is 10.00. The molecular formula is C27H35NO3. The predicted molar refractivity (Wildman–Crippen MR) is 123 cm³/mol. The van der Waals surface area contributed by atoms with Gasteiger partial charge < -0.3 is 14.4 Å². The van der Waals surface area contributed by atoms with Crippen LogP contribution in [0.5, 0.6) is 5.75 Å². The highest BCUT2D eigenvalue weighted by molar-refractivity contribution is 5.76. The first-order valence-corrected chi connectivity index (χ1v) is 11.8. The molecule has 0 radical (unpaired) electrons. The van der Waals surface area contributed by atoms with E-state index in [0.717, 1.165) is 24.5 Å². The van der Waals surface area contributed by atoms with Crippen LogP contribution in [-0.2, 0) is 22.5 Å². The Balaban J connectivity index is 1.50. The second kappa shape index (κ2) is 10.8. The van der Waals surface area contributed by atoms with Gasteiger partial charge in [0.15, 0.2) is 0 Å². The van der Waals surface area contributed by atoms with Crippen molar-refractivity contribution in [2.75, 3.05) is 26.4 Å². The van der Waals surface area contributed by atoms with E-state index in [2.05, 4.69) is 49.4 Å². The zero-order valence-electron chi connectivity index (χ0n) is 18.8. The number of nitrogens with zero attached hydrogens (tertiary/aromatic N) is 1. The normalized spacial score (nSPS) is 18.2. The van der Waals surface area contributed by atoms with E-state index in [4.69, 9.17) is 9.47 Å². The molecule has 2 aliphatic rings. The van der Waals surface area contributed by atoms with Crippen LogP contribution in [0.4, 0.5) is 0 Å². The molecule has 2 aromatic rings. The van der Waals surface area contributed by atoms with Crippen LogP contribution in [0.25, 0.3) is 0 Å². The maximum absolute atomic E-state index is 13.0. The van der Waals surface area contributed by atoms with E-state index in [1.807, 2.05) is 4.90 Å². The number of benzene rings is 2. The van der Waals surface area contributed by atoms with Crippen molar-refractivity contribution >= 4 is 5.91 Å². The quantitative estimate of drug-likeness (QED) is 0.676.